The lowest BCUT2D eigenvalue weighted by Gasteiger charge is -2.13. The number of halogens is 2. The molecule has 5 nitrogen and oxygen atoms in total. The number of pyridine rings is 1. The van der Waals surface area contributed by atoms with Gasteiger partial charge in [-0.2, -0.15) is 5.10 Å². The van der Waals surface area contributed by atoms with E-state index in [-0.39, 0.29) is 12.4 Å². The van der Waals surface area contributed by atoms with Crippen LogP contribution in [0.3, 0.4) is 0 Å². The van der Waals surface area contributed by atoms with Gasteiger partial charge >= 0.3 is 5.97 Å². The van der Waals surface area contributed by atoms with Gasteiger partial charge in [-0.1, -0.05) is 41.4 Å². The molecule has 2 heterocycles. The van der Waals surface area contributed by atoms with Crippen molar-refractivity contribution in [2.75, 3.05) is 7.11 Å². The van der Waals surface area contributed by atoms with E-state index in [1.807, 2.05) is 37.3 Å². The summed E-state index contributed by atoms with van der Waals surface area (Å²) < 4.78 is 6.40. The average Bonchev–Trinajstić information content (AvgIpc) is 2.99. The van der Waals surface area contributed by atoms with Crippen molar-refractivity contribution >= 4 is 34.7 Å². The zero-order valence-corrected chi connectivity index (χ0v) is 17.3. The fourth-order valence-corrected chi connectivity index (χ4v) is 3.42. The van der Waals surface area contributed by atoms with Crippen LogP contribution in [0.1, 0.15) is 23.1 Å². The van der Waals surface area contributed by atoms with Crippen LogP contribution in [0.25, 0.3) is 17.0 Å². The van der Waals surface area contributed by atoms with Crippen molar-refractivity contribution in [2.45, 2.75) is 13.3 Å². The molecule has 1 aromatic carbocycles. The van der Waals surface area contributed by atoms with E-state index in [0.717, 1.165) is 16.7 Å². The van der Waals surface area contributed by atoms with Gasteiger partial charge in [0.2, 0.25) is 0 Å². The predicted octanol–water partition coefficient (Wildman–Crippen LogP) is 5.09. The van der Waals surface area contributed by atoms with Gasteiger partial charge in [0, 0.05) is 23.8 Å². The highest BCUT2D eigenvalue weighted by atomic mass is 35.5. The van der Waals surface area contributed by atoms with Crippen molar-refractivity contribution in [1.82, 2.24) is 14.8 Å². The highest BCUT2D eigenvalue weighted by molar-refractivity contribution is 6.32. The van der Waals surface area contributed by atoms with E-state index in [1.165, 1.54) is 7.11 Å². The van der Waals surface area contributed by atoms with E-state index in [0.29, 0.717) is 27.1 Å². The maximum absolute atomic E-state index is 11.8. The van der Waals surface area contributed by atoms with Gasteiger partial charge in [-0.15, -0.1) is 0 Å². The Bertz CT molecular complexity index is 1040. The summed E-state index contributed by atoms with van der Waals surface area (Å²) in [5.74, 6) is -0.344. The first-order valence-electron chi connectivity index (χ1n) is 8.60. The number of esters is 1. The van der Waals surface area contributed by atoms with Crippen LogP contribution in [-0.2, 0) is 16.6 Å². The summed E-state index contributed by atoms with van der Waals surface area (Å²) in [7, 11) is 3.13. The number of ether oxygens (including phenoxy) is 1. The average molecular weight is 416 g/mol. The number of carbonyl (C=O) groups is 1. The van der Waals surface area contributed by atoms with Crippen LogP contribution in [0.4, 0.5) is 0 Å². The number of aryl methyl sites for hydroxylation is 2. The van der Waals surface area contributed by atoms with E-state index in [9.17, 15) is 4.79 Å². The number of aromatic nitrogens is 3. The van der Waals surface area contributed by atoms with Crippen LogP contribution in [0, 0.1) is 6.92 Å². The van der Waals surface area contributed by atoms with E-state index >= 15 is 0 Å². The van der Waals surface area contributed by atoms with Crippen LogP contribution >= 0.6 is 23.2 Å². The summed E-state index contributed by atoms with van der Waals surface area (Å²) in [5, 5.41) is 5.65. The first-order chi connectivity index (χ1) is 13.4. The zero-order valence-electron chi connectivity index (χ0n) is 15.7. The molecule has 0 amide bonds. The topological polar surface area (TPSA) is 57.0 Å². The van der Waals surface area contributed by atoms with Crippen LogP contribution < -0.4 is 0 Å². The third kappa shape index (κ3) is 4.11. The van der Waals surface area contributed by atoms with Gasteiger partial charge in [0.1, 0.15) is 10.8 Å². The number of hydrogen-bond acceptors (Lipinski definition) is 4. The summed E-state index contributed by atoms with van der Waals surface area (Å²) >= 11 is 12.8. The lowest BCUT2D eigenvalue weighted by Crippen LogP contribution is -2.00. The molecule has 0 aliphatic heterocycles. The van der Waals surface area contributed by atoms with Crippen molar-refractivity contribution in [3.05, 3.63) is 75.5 Å². The van der Waals surface area contributed by atoms with Crippen LogP contribution in [0.15, 0.2) is 48.7 Å². The summed E-state index contributed by atoms with van der Waals surface area (Å²) in [6.07, 6.45) is 3.60. The molecule has 0 bridgehead atoms. The van der Waals surface area contributed by atoms with Crippen molar-refractivity contribution in [2.24, 2.45) is 7.05 Å². The number of benzene rings is 1. The minimum absolute atomic E-state index is 0.0980. The smallest absolute Gasteiger partial charge is 0.309 e. The largest absolute Gasteiger partial charge is 0.469 e. The number of hydrogen-bond donors (Lipinski definition) is 0. The zero-order chi connectivity index (χ0) is 20.3. The maximum atomic E-state index is 11.8. The Hall–Kier alpha value is -2.63. The number of carbonyl (C=O) groups excluding carboxylic acids is 1. The Labute approximate surface area is 173 Å². The van der Waals surface area contributed by atoms with Crippen LogP contribution in [0.2, 0.25) is 10.2 Å². The van der Waals surface area contributed by atoms with E-state index < -0.39 is 0 Å². The fraction of sp³-hybridized carbons (Fsp3) is 0.190. The van der Waals surface area contributed by atoms with Gasteiger partial charge in [-0.05, 0) is 47.9 Å². The second-order valence-corrected chi connectivity index (χ2v) is 7.00. The number of nitrogens with zero attached hydrogens (tertiary/aromatic N) is 3. The molecule has 0 aliphatic carbocycles. The predicted molar refractivity (Wildman–Crippen MR) is 111 cm³/mol. The van der Waals surface area contributed by atoms with Crippen LogP contribution in [0.5, 0.6) is 0 Å². The molecule has 0 unspecified atom stereocenters. The highest BCUT2D eigenvalue weighted by Gasteiger charge is 2.23. The van der Waals surface area contributed by atoms with Crippen molar-refractivity contribution in [3.63, 3.8) is 0 Å². The van der Waals surface area contributed by atoms with Gasteiger partial charge < -0.3 is 4.74 Å². The summed E-state index contributed by atoms with van der Waals surface area (Å²) in [6.45, 7) is 1.96. The summed E-state index contributed by atoms with van der Waals surface area (Å²) in [5.41, 5.74) is 4.67. The van der Waals surface area contributed by atoms with E-state index in [2.05, 4.69) is 10.1 Å². The van der Waals surface area contributed by atoms with Crippen molar-refractivity contribution in [1.29, 1.82) is 0 Å². The third-order valence-electron chi connectivity index (χ3n) is 4.33. The molecule has 0 saturated heterocycles. The quantitative estimate of drug-likeness (QED) is 0.544. The molecule has 0 saturated carbocycles. The molecule has 0 spiro atoms. The molecule has 0 aliphatic rings. The summed E-state index contributed by atoms with van der Waals surface area (Å²) in [4.78, 5) is 16.2. The van der Waals surface area contributed by atoms with E-state index in [1.54, 1.807) is 30.1 Å². The normalized spacial score (nSPS) is 11.5. The molecular weight excluding hydrogens is 397 g/mol. The minimum atomic E-state index is -0.344. The van der Waals surface area contributed by atoms with Crippen molar-refractivity contribution < 1.29 is 9.53 Å². The molecule has 2 aromatic heterocycles. The highest BCUT2D eigenvalue weighted by Crippen LogP contribution is 2.38. The molecule has 144 valence electrons. The Morgan fingerprint density at radius 1 is 1.25 bits per heavy atom. The Morgan fingerprint density at radius 3 is 2.68 bits per heavy atom. The fourth-order valence-electron chi connectivity index (χ4n) is 2.97. The minimum Gasteiger partial charge on any atom is -0.469 e. The van der Waals surface area contributed by atoms with Crippen LogP contribution in [-0.4, -0.2) is 27.8 Å². The lowest BCUT2D eigenvalue weighted by atomic mass is 9.93. The standard InChI is InChI=1S/C21H19Cl2N3O2/c1-13-12-14(22)7-8-15(13)16(9-10-18(27)28-3)19-20(25-26(2)21(19)23)17-6-4-5-11-24-17/h4-9,11-12H,10H2,1-3H3/b16-9-. The molecule has 28 heavy (non-hydrogen) atoms. The molecule has 0 N–H and O–H groups in total. The third-order valence-corrected chi connectivity index (χ3v) is 5.00. The first kappa shape index (κ1) is 20.1. The number of rotatable bonds is 5. The van der Waals surface area contributed by atoms with Gasteiger partial charge in [0.25, 0.3) is 0 Å². The molecule has 3 rings (SSSR count). The maximum Gasteiger partial charge on any atom is 0.309 e. The summed E-state index contributed by atoms with van der Waals surface area (Å²) in [6, 6.07) is 11.2. The van der Waals surface area contributed by atoms with Gasteiger partial charge in [0.05, 0.1) is 19.2 Å². The monoisotopic (exact) mass is 415 g/mol. The van der Waals surface area contributed by atoms with Crippen molar-refractivity contribution in [3.8, 4) is 11.4 Å². The molecular formula is C21H19Cl2N3O2. The lowest BCUT2D eigenvalue weighted by molar-refractivity contribution is -0.139. The SMILES string of the molecule is COC(=O)C/C=C(/c1ccc(Cl)cc1C)c1c(-c2ccccn2)nn(C)c1Cl. The van der Waals surface area contributed by atoms with E-state index in [4.69, 9.17) is 27.9 Å². The van der Waals surface area contributed by atoms with Gasteiger partial charge in [0.15, 0.2) is 0 Å². The molecule has 7 heteroatoms. The second-order valence-electron chi connectivity index (χ2n) is 6.21. The molecule has 0 atom stereocenters. The molecule has 3 aromatic rings. The molecule has 0 radical (unpaired) electrons. The van der Waals surface area contributed by atoms with Gasteiger partial charge in [-0.25, -0.2) is 0 Å². The number of methoxy groups -OCH3 is 1. The Balaban J connectivity index is 2.26. The Morgan fingerprint density at radius 2 is 2.04 bits per heavy atom. The molecule has 0 fully saturated rings. The van der Waals surface area contributed by atoms with Gasteiger partial charge in [-0.3, -0.25) is 14.5 Å². The second kappa shape index (κ2) is 8.59. The first-order valence-corrected chi connectivity index (χ1v) is 9.35. The Kier molecular flexibility index (Phi) is 6.17.